The minimum absolute atomic E-state index is 0.242. The summed E-state index contributed by atoms with van der Waals surface area (Å²) in [6.45, 7) is 0. The van der Waals surface area contributed by atoms with Crippen molar-refractivity contribution in [2.75, 3.05) is 0 Å². The Morgan fingerprint density at radius 2 is 1.50 bits per heavy atom. The van der Waals surface area contributed by atoms with Crippen LogP contribution in [0, 0.1) is 22.7 Å². The van der Waals surface area contributed by atoms with Gasteiger partial charge < -0.3 is 0 Å². The standard InChI is InChI=1S/C9H5Br2N3/c10-6-5-7(11)9(2-4-13)14-8(6)1-3-12/h5H,1-2H2. The first-order chi connectivity index (χ1) is 6.69. The van der Waals surface area contributed by atoms with Gasteiger partial charge in [-0.25, -0.2) is 0 Å². The van der Waals surface area contributed by atoms with E-state index < -0.39 is 0 Å². The Hall–Kier alpha value is -0.910. The van der Waals surface area contributed by atoms with Gasteiger partial charge in [-0.05, 0) is 37.9 Å². The van der Waals surface area contributed by atoms with Gasteiger partial charge in [-0.3, -0.25) is 4.98 Å². The molecule has 1 aromatic heterocycles. The molecule has 1 heterocycles. The van der Waals surface area contributed by atoms with E-state index in [9.17, 15) is 0 Å². The van der Waals surface area contributed by atoms with Crippen LogP contribution in [0.4, 0.5) is 0 Å². The Morgan fingerprint density at radius 3 is 1.86 bits per heavy atom. The van der Waals surface area contributed by atoms with Gasteiger partial charge in [0.25, 0.3) is 0 Å². The molecule has 0 radical (unpaired) electrons. The molecule has 0 aliphatic rings. The molecule has 0 unspecified atom stereocenters. The number of halogens is 2. The third-order valence-corrected chi connectivity index (χ3v) is 2.94. The van der Waals surface area contributed by atoms with E-state index in [0.717, 1.165) is 8.95 Å². The largest absolute Gasteiger partial charge is 0.253 e. The van der Waals surface area contributed by atoms with Crippen molar-refractivity contribution in [2.24, 2.45) is 0 Å². The maximum absolute atomic E-state index is 8.55. The third kappa shape index (κ3) is 2.54. The normalized spacial score (nSPS) is 9.14. The molecule has 0 spiro atoms. The third-order valence-electron chi connectivity index (χ3n) is 1.57. The maximum atomic E-state index is 8.55. The molecule has 70 valence electrons. The Kier molecular flexibility index (Phi) is 4.06. The van der Waals surface area contributed by atoms with Gasteiger partial charge in [0.2, 0.25) is 0 Å². The molecule has 0 aromatic carbocycles. The average Bonchev–Trinajstić information content (AvgIpc) is 2.14. The number of nitriles is 2. The molecule has 0 bridgehead atoms. The number of aromatic nitrogens is 1. The van der Waals surface area contributed by atoms with Gasteiger partial charge in [-0.2, -0.15) is 10.5 Å². The zero-order valence-electron chi connectivity index (χ0n) is 7.09. The van der Waals surface area contributed by atoms with Crippen LogP contribution in [-0.2, 0) is 12.8 Å². The predicted octanol–water partition coefficient (Wildman–Crippen LogP) is 2.74. The average molecular weight is 315 g/mol. The fourth-order valence-corrected chi connectivity index (χ4v) is 2.17. The summed E-state index contributed by atoms with van der Waals surface area (Å²) in [5.41, 5.74) is 1.34. The van der Waals surface area contributed by atoms with Crippen LogP contribution in [-0.4, -0.2) is 4.98 Å². The lowest BCUT2D eigenvalue weighted by molar-refractivity contribution is 1.01. The summed E-state index contributed by atoms with van der Waals surface area (Å²) in [6.07, 6.45) is 0.485. The first-order valence-electron chi connectivity index (χ1n) is 3.76. The van der Waals surface area contributed by atoms with E-state index in [4.69, 9.17) is 10.5 Å². The van der Waals surface area contributed by atoms with Gasteiger partial charge in [0.1, 0.15) is 0 Å². The lowest BCUT2D eigenvalue weighted by Crippen LogP contribution is -1.97. The second-order valence-corrected chi connectivity index (χ2v) is 4.22. The van der Waals surface area contributed by atoms with Crippen LogP contribution >= 0.6 is 31.9 Å². The zero-order chi connectivity index (χ0) is 10.6. The topological polar surface area (TPSA) is 60.5 Å². The van der Waals surface area contributed by atoms with Crippen molar-refractivity contribution in [3.8, 4) is 12.1 Å². The van der Waals surface area contributed by atoms with Gasteiger partial charge in [0.05, 0.1) is 36.4 Å². The quantitative estimate of drug-likeness (QED) is 0.843. The van der Waals surface area contributed by atoms with Crippen LogP contribution in [0.1, 0.15) is 11.4 Å². The van der Waals surface area contributed by atoms with Crippen molar-refractivity contribution < 1.29 is 0 Å². The molecule has 14 heavy (non-hydrogen) atoms. The van der Waals surface area contributed by atoms with E-state index in [1.807, 2.05) is 18.2 Å². The Labute approximate surface area is 98.6 Å². The molecular formula is C9H5Br2N3. The molecule has 0 saturated heterocycles. The van der Waals surface area contributed by atoms with Gasteiger partial charge in [0, 0.05) is 8.95 Å². The van der Waals surface area contributed by atoms with Crippen LogP contribution in [0.5, 0.6) is 0 Å². The Balaban J connectivity index is 3.16. The number of rotatable bonds is 2. The van der Waals surface area contributed by atoms with E-state index in [1.165, 1.54) is 0 Å². The second-order valence-electron chi connectivity index (χ2n) is 2.52. The smallest absolute Gasteiger partial charge is 0.0786 e. The van der Waals surface area contributed by atoms with Crippen molar-refractivity contribution in [3.05, 3.63) is 26.4 Å². The number of nitrogens with zero attached hydrogens (tertiary/aromatic N) is 3. The van der Waals surface area contributed by atoms with Gasteiger partial charge in [-0.15, -0.1) is 0 Å². The van der Waals surface area contributed by atoms with Crippen molar-refractivity contribution in [1.29, 1.82) is 10.5 Å². The fourth-order valence-electron chi connectivity index (χ4n) is 0.945. The highest BCUT2D eigenvalue weighted by molar-refractivity contribution is 9.11. The molecule has 0 fully saturated rings. The highest BCUT2D eigenvalue weighted by atomic mass is 79.9. The molecule has 0 aliphatic heterocycles. The van der Waals surface area contributed by atoms with Crippen molar-refractivity contribution in [2.45, 2.75) is 12.8 Å². The summed E-state index contributed by atoms with van der Waals surface area (Å²) in [4.78, 5) is 4.21. The zero-order valence-corrected chi connectivity index (χ0v) is 10.3. The summed E-state index contributed by atoms with van der Waals surface area (Å²) in [5, 5.41) is 17.1. The molecule has 0 aliphatic carbocycles. The first kappa shape index (κ1) is 11.2. The lowest BCUT2D eigenvalue weighted by atomic mass is 10.2. The summed E-state index contributed by atoms with van der Waals surface area (Å²) >= 11 is 6.61. The van der Waals surface area contributed by atoms with Crippen LogP contribution in [0.25, 0.3) is 0 Å². The van der Waals surface area contributed by atoms with Crippen molar-refractivity contribution in [3.63, 3.8) is 0 Å². The SMILES string of the molecule is N#CCc1nc(CC#N)c(Br)cc1Br. The van der Waals surface area contributed by atoms with Crippen LogP contribution in [0.15, 0.2) is 15.0 Å². The number of hydrogen-bond donors (Lipinski definition) is 0. The molecule has 1 aromatic rings. The highest BCUT2D eigenvalue weighted by Crippen LogP contribution is 2.23. The monoisotopic (exact) mass is 313 g/mol. The molecular weight excluding hydrogens is 310 g/mol. The van der Waals surface area contributed by atoms with Crippen LogP contribution < -0.4 is 0 Å². The summed E-state index contributed by atoms with van der Waals surface area (Å²) in [6, 6.07) is 5.86. The maximum Gasteiger partial charge on any atom is 0.0786 e. The molecule has 0 amide bonds. The fraction of sp³-hybridized carbons (Fsp3) is 0.222. The number of hydrogen-bond acceptors (Lipinski definition) is 3. The van der Waals surface area contributed by atoms with Crippen molar-refractivity contribution >= 4 is 31.9 Å². The minimum atomic E-state index is 0.242. The highest BCUT2D eigenvalue weighted by Gasteiger charge is 2.07. The molecule has 5 heteroatoms. The predicted molar refractivity (Wildman–Crippen MR) is 58.3 cm³/mol. The van der Waals surface area contributed by atoms with Crippen LogP contribution in [0.3, 0.4) is 0 Å². The lowest BCUT2D eigenvalue weighted by Gasteiger charge is -2.04. The molecule has 3 nitrogen and oxygen atoms in total. The molecule has 0 saturated carbocycles. The second kappa shape index (κ2) is 5.09. The van der Waals surface area contributed by atoms with E-state index in [2.05, 4.69) is 36.8 Å². The summed E-state index contributed by atoms with van der Waals surface area (Å²) < 4.78 is 1.57. The van der Waals surface area contributed by atoms with E-state index in [0.29, 0.717) is 11.4 Å². The minimum Gasteiger partial charge on any atom is -0.253 e. The number of pyridine rings is 1. The Bertz CT molecular complexity index is 392. The first-order valence-corrected chi connectivity index (χ1v) is 5.35. The van der Waals surface area contributed by atoms with Crippen molar-refractivity contribution in [1.82, 2.24) is 4.98 Å². The van der Waals surface area contributed by atoms with Gasteiger partial charge in [-0.1, -0.05) is 0 Å². The van der Waals surface area contributed by atoms with Crippen LogP contribution in [0.2, 0.25) is 0 Å². The molecule has 0 N–H and O–H groups in total. The van der Waals surface area contributed by atoms with E-state index in [1.54, 1.807) is 0 Å². The molecule has 1 rings (SSSR count). The Morgan fingerprint density at radius 1 is 1.07 bits per heavy atom. The van der Waals surface area contributed by atoms with Gasteiger partial charge >= 0.3 is 0 Å². The summed E-state index contributed by atoms with van der Waals surface area (Å²) in [7, 11) is 0. The van der Waals surface area contributed by atoms with E-state index in [-0.39, 0.29) is 12.8 Å². The summed E-state index contributed by atoms with van der Waals surface area (Å²) in [5.74, 6) is 0. The molecule has 0 atom stereocenters. The van der Waals surface area contributed by atoms with Gasteiger partial charge in [0.15, 0.2) is 0 Å². The van der Waals surface area contributed by atoms with E-state index >= 15 is 0 Å².